The number of halogens is 2. The Balaban J connectivity index is 3.87. The van der Waals surface area contributed by atoms with Crippen LogP contribution in [0.4, 0.5) is 8.78 Å². The Kier molecular flexibility index (Phi) is 5.53. The first-order valence-electron chi connectivity index (χ1n) is 4.09. The molecule has 1 N–H and O–H groups in total. The summed E-state index contributed by atoms with van der Waals surface area (Å²) < 4.78 is 27.9. The molecular weight excluding hydrogens is 182 g/mol. The molecule has 0 saturated carbocycles. The molecule has 3 nitrogen and oxygen atoms in total. The fourth-order valence-electron chi connectivity index (χ4n) is 0.956. The van der Waals surface area contributed by atoms with Crippen LogP contribution < -0.4 is 0 Å². The minimum atomic E-state index is -2.83. The van der Waals surface area contributed by atoms with E-state index in [9.17, 15) is 13.6 Å². The Morgan fingerprint density at radius 3 is 2.31 bits per heavy atom. The lowest BCUT2D eigenvalue weighted by molar-refractivity contribution is -0.177. The van der Waals surface area contributed by atoms with E-state index in [0.29, 0.717) is 0 Å². The van der Waals surface area contributed by atoms with Crippen molar-refractivity contribution in [2.75, 3.05) is 0 Å². The van der Waals surface area contributed by atoms with Crippen molar-refractivity contribution in [3.8, 4) is 0 Å². The minimum absolute atomic E-state index is 0.103. The van der Waals surface area contributed by atoms with Crippen LogP contribution in [0.5, 0.6) is 0 Å². The molecular formula is C8H14F2O3. The van der Waals surface area contributed by atoms with Crippen LogP contribution in [0.3, 0.4) is 0 Å². The normalized spacial score (nSPS) is 13.7. The minimum Gasteiger partial charge on any atom is -0.481 e. The summed E-state index contributed by atoms with van der Waals surface area (Å²) in [6, 6.07) is 0. The largest absolute Gasteiger partial charge is 0.481 e. The summed E-state index contributed by atoms with van der Waals surface area (Å²) in [5.74, 6) is -1.10. The quantitative estimate of drug-likeness (QED) is 0.707. The van der Waals surface area contributed by atoms with Gasteiger partial charge in [-0.1, -0.05) is 13.8 Å². The van der Waals surface area contributed by atoms with Gasteiger partial charge < -0.3 is 9.84 Å². The molecule has 0 aromatic rings. The number of alkyl halides is 2. The highest BCUT2D eigenvalue weighted by atomic mass is 19.3. The molecule has 0 aliphatic rings. The topological polar surface area (TPSA) is 46.5 Å². The van der Waals surface area contributed by atoms with Gasteiger partial charge in [-0.25, -0.2) is 0 Å². The maximum absolute atomic E-state index is 11.8. The van der Waals surface area contributed by atoms with Crippen LogP contribution in [0, 0.1) is 5.92 Å². The number of hydrogen-bond acceptors (Lipinski definition) is 2. The monoisotopic (exact) mass is 196 g/mol. The zero-order valence-corrected chi connectivity index (χ0v) is 7.67. The number of aliphatic carboxylic acids is 1. The van der Waals surface area contributed by atoms with Crippen LogP contribution in [0.2, 0.25) is 0 Å². The van der Waals surface area contributed by atoms with Gasteiger partial charge in [-0.05, 0) is 12.3 Å². The fraction of sp³-hybridized carbons (Fsp3) is 0.875. The van der Waals surface area contributed by atoms with Crippen LogP contribution in [0.1, 0.15) is 26.7 Å². The molecule has 0 heterocycles. The van der Waals surface area contributed by atoms with Crippen molar-refractivity contribution in [3.63, 3.8) is 0 Å². The van der Waals surface area contributed by atoms with Crippen LogP contribution in [-0.2, 0) is 9.53 Å². The predicted octanol–water partition coefficient (Wildman–Crippen LogP) is 2.12. The highest BCUT2D eigenvalue weighted by Crippen LogP contribution is 2.16. The number of carbonyl (C=O) groups is 1. The smallest absolute Gasteiger partial charge is 0.345 e. The Hall–Kier alpha value is -0.710. The predicted molar refractivity (Wildman–Crippen MR) is 42.6 cm³/mol. The van der Waals surface area contributed by atoms with Gasteiger partial charge in [0.2, 0.25) is 0 Å². The second-order valence-corrected chi connectivity index (χ2v) is 3.11. The zero-order valence-electron chi connectivity index (χ0n) is 7.67. The van der Waals surface area contributed by atoms with Gasteiger partial charge in [0.1, 0.15) is 0 Å². The van der Waals surface area contributed by atoms with Gasteiger partial charge in [0, 0.05) is 6.42 Å². The van der Waals surface area contributed by atoms with Crippen molar-refractivity contribution in [2.45, 2.75) is 39.4 Å². The lowest BCUT2D eigenvalue weighted by Crippen LogP contribution is -2.23. The molecule has 0 aliphatic heterocycles. The zero-order chi connectivity index (χ0) is 10.4. The highest BCUT2D eigenvalue weighted by Gasteiger charge is 2.19. The molecule has 0 rings (SSSR count). The van der Waals surface area contributed by atoms with E-state index in [2.05, 4.69) is 4.74 Å². The van der Waals surface area contributed by atoms with E-state index in [1.807, 2.05) is 0 Å². The summed E-state index contributed by atoms with van der Waals surface area (Å²) in [6.45, 7) is 0.602. The molecule has 5 heteroatoms. The second kappa shape index (κ2) is 5.85. The molecule has 0 aromatic heterocycles. The third kappa shape index (κ3) is 6.45. The molecule has 0 bridgehead atoms. The lowest BCUT2D eigenvalue weighted by Gasteiger charge is -2.19. The van der Waals surface area contributed by atoms with E-state index in [0.717, 1.165) is 0 Å². The van der Waals surface area contributed by atoms with Crippen molar-refractivity contribution in [3.05, 3.63) is 0 Å². The summed E-state index contributed by atoms with van der Waals surface area (Å²) in [5.41, 5.74) is 0. The Morgan fingerprint density at radius 2 is 2.00 bits per heavy atom. The fourth-order valence-corrected chi connectivity index (χ4v) is 0.956. The molecule has 0 aliphatic carbocycles. The molecule has 0 radical (unpaired) electrons. The van der Waals surface area contributed by atoms with Gasteiger partial charge in [-0.2, -0.15) is 8.78 Å². The highest BCUT2D eigenvalue weighted by molar-refractivity contribution is 5.66. The first-order chi connectivity index (χ1) is 5.93. The molecule has 0 amide bonds. The average Bonchev–Trinajstić information content (AvgIpc) is 1.96. The van der Waals surface area contributed by atoms with Gasteiger partial charge in [-0.15, -0.1) is 0 Å². The van der Waals surface area contributed by atoms with Gasteiger partial charge in [-0.3, -0.25) is 4.79 Å². The summed E-state index contributed by atoms with van der Waals surface area (Å²) in [6.07, 6.45) is -0.705. The van der Waals surface area contributed by atoms with E-state index in [4.69, 9.17) is 5.11 Å². The van der Waals surface area contributed by atoms with Gasteiger partial charge >= 0.3 is 12.6 Å². The summed E-state index contributed by atoms with van der Waals surface area (Å²) in [4.78, 5) is 10.2. The molecule has 0 spiro atoms. The van der Waals surface area contributed by atoms with Crippen molar-refractivity contribution in [2.24, 2.45) is 5.92 Å². The third-order valence-corrected chi connectivity index (χ3v) is 1.66. The standard InChI is InChI=1S/C8H14F2O3/c1-5(2)6(13-8(9)10)3-4-7(11)12/h5-6,8H,3-4H2,1-2H3,(H,11,12). The van der Waals surface area contributed by atoms with Gasteiger partial charge in [0.25, 0.3) is 0 Å². The van der Waals surface area contributed by atoms with E-state index in [-0.39, 0.29) is 18.8 Å². The van der Waals surface area contributed by atoms with Gasteiger partial charge in [0.15, 0.2) is 0 Å². The average molecular weight is 196 g/mol. The van der Waals surface area contributed by atoms with Crippen molar-refractivity contribution < 1.29 is 23.4 Å². The first kappa shape index (κ1) is 12.3. The number of hydrogen-bond donors (Lipinski definition) is 1. The first-order valence-corrected chi connectivity index (χ1v) is 4.09. The van der Waals surface area contributed by atoms with E-state index >= 15 is 0 Å². The SMILES string of the molecule is CC(C)C(CCC(=O)O)OC(F)F. The van der Waals surface area contributed by atoms with E-state index in [1.54, 1.807) is 13.8 Å². The molecule has 1 atom stereocenters. The van der Waals surface area contributed by atoms with Crippen molar-refractivity contribution in [1.82, 2.24) is 0 Å². The van der Waals surface area contributed by atoms with E-state index < -0.39 is 18.7 Å². The van der Waals surface area contributed by atoms with Crippen LogP contribution in [-0.4, -0.2) is 23.8 Å². The van der Waals surface area contributed by atoms with Crippen LogP contribution in [0.15, 0.2) is 0 Å². The number of carboxylic acids is 1. The van der Waals surface area contributed by atoms with Gasteiger partial charge in [0.05, 0.1) is 6.10 Å². The maximum atomic E-state index is 11.8. The lowest BCUT2D eigenvalue weighted by atomic mass is 10.0. The van der Waals surface area contributed by atoms with Crippen molar-refractivity contribution in [1.29, 1.82) is 0 Å². The Morgan fingerprint density at radius 1 is 1.46 bits per heavy atom. The summed E-state index contributed by atoms with van der Waals surface area (Å²) in [7, 11) is 0. The number of carboxylic acid groups (broad SMARTS) is 1. The third-order valence-electron chi connectivity index (χ3n) is 1.66. The second-order valence-electron chi connectivity index (χ2n) is 3.11. The maximum Gasteiger partial charge on any atom is 0.345 e. The molecule has 1 unspecified atom stereocenters. The molecule has 0 saturated heterocycles. The summed E-state index contributed by atoms with van der Waals surface area (Å²) >= 11 is 0. The molecule has 0 fully saturated rings. The van der Waals surface area contributed by atoms with E-state index in [1.165, 1.54) is 0 Å². The van der Waals surface area contributed by atoms with Crippen LogP contribution in [0.25, 0.3) is 0 Å². The summed E-state index contributed by atoms with van der Waals surface area (Å²) in [5, 5.41) is 8.34. The molecule has 78 valence electrons. The van der Waals surface area contributed by atoms with Crippen molar-refractivity contribution >= 4 is 5.97 Å². The Bertz CT molecular complexity index is 159. The Labute approximate surface area is 75.7 Å². The molecule has 0 aromatic carbocycles. The molecule has 13 heavy (non-hydrogen) atoms. The van der Waals surface area contributed by atoms with Crippen LogP contribution >= 0.6 is 0 Å². The number of ether oxygens (including phenoxy) is 1. The number of rotatable bonds is 6.